The molecule has 0 fully saturated rings. The number of carboxylic acids is 1. The molecule has 4 unspecified atom stereocenters. The molecule has 0 saturated heterocycles. The summed E-state index contributed by atoms with van der Waals surface area (Å²) in [5.41, 5.74) is 18.5. The zero-order valence-corrected chi connectivity index (χ0v) is 23.8. The van der Waals surface area contributed by atoms with E-state index in [-0.39, 0.29) is 43.9 Å². The predicted molar refractivity (Wildman–Crippen MR) is 158 cm³/mol. The van der Waals surface area contributed by atoms with Crippen molar-refractivity contribution in [2.24, 2.45) is 22.2 Å². The number of aromatic hydroxyl groups is 1. The second kappa shape index (κ2) is 16.3. The van der Waals surface area contributed by atoms with Gasteiger partial charge in [0.15, 0.2) is 5.96 Å². The second-order valence-electron chi connectivity index (χ2n) is 10.0. The van der Waals surface area contributed by atoms with Gasteiger partial charge in [-0.3, -0.25) is 19.4 Å². The Kier molecular flexibility index (Phi) is 12.2. The third-order valence-corrected chi connectivity index (χ3v) is 6.51. The Labute approximate surface area is 252 Å². The molecule has 3 rings (SSSR count). The first-order valence-electron chi connectivity index (χ1n) is 13.7. The summed E-state index contributed by atoms with van der Waals surface area (Å²) in [6.45, 7) is 0.174. The van der Waals surface area contributed by atoms with Gasteiger partial charge in [0, 0.05) is 49.6 Å². The van der Waals surface area contributed by atoms with Crippen LogP contribution in [0.15, 0.2) is 54.3 Å². The van der Waals surface area contributed by atoms with E-state index in [1.165, 1.54) is 37.2 Å². The maximum atomic E-state index is 13.6. The van der Waals surface area contributed by atoms with Crippen molar-refractivity contribution in [3.8, 4) is 5.75 Å². The monoisotopic (exact) mass is 611 g/mol. The van der Waals surface area contributed by atoms with Gasteiger partial charge in [-0.05, 0) is 30.5 Å². The first-order valence-corrected chi connectivity index (χ1v) is 13.7. The van der Waals surface area contributed by atoms with Crippen LogP contribution in [0.2, 0.25) is 0 Å². The topological polar surface area (TPSA) is 293 Å². The predicted octanol–water partition coefficient (Wildman–Crippen LogP) is -2.21. The molecule has 1 aromatic carbocycles. The number of nitrogens with zero attached hydrogens (tertiary/aromatic N) is 3. The number of carboxylic acid groups (broad SMARTS) is 1. The number of rotatable bonds is 17. The van der Waals surface area contributed by atoms with Crippen LogP contribution >= 0.6 is 0 Å². The molecular formula is C27H37N11O6. The summed E-state index contributed by atoms with van der Waals surface area (Å²) in [5.74, 6) is -3.54. The number of amides is 3. The first kappa shape index (κ1) is 33.1. The van der Waals surface area contributed by atoms with Gasteiger partial charge in [-0.1, -0.05) is 12.1 Å². The minimum absolute atomic E-state index is 0.000643. The van der Waals surface area contributed by atoms with Crippen LogP contribution < -0.4 is 33.2 Å². The Bertz CT molecular complexity index is 1390. The summed E-state index contributed by atoms with van der Waals surface area (Å²) >= 11 is 0. The molecule has 3 amide bonds. The van der Waals surface area contributed by atoms with E-state index in [0.717, 1.165) is 0 Å². The normalized spacial score (nSPS) is 13.6. The third-order valence-electron chi connectivity index (χ3n) is 6.51. The fourth-order valence-electron chi connectivity index (χ4n) is 4.22. The van der Waals surface area contributed by atoms with E-state index in [9.17, 15) is 29.4 Å². The molecule has 17 nitrogen and oxygen atoms in total. The largest absolute Gasteiger partial charge is 0.508 e. The number of carbonyl (C=O) groups is 4. The number of phenolic OH excluding ortho intramolecular Hbond substituents is 1. The fraction of sp³-hybridized carbons (Fsp3) is 0.370. The molecule has 0 radical (unpaired) electrons. The van der Waals surface area contributed by atoms with Crippen LogP contribution in [-0.2, 0) is 38.4 Å². The number of hydrogen-bond acceptors (Lipinski definition) is 9. The highest BCUT2D eigenvalue weighted by atomic mass is 16.4. The molecule has 13 N–H and O–H groups in total. The summed E-state index contributed by atoms with van der Waals surface area (Å²) < 4.78 is 0. The van der Waals surface area contributed by atoms with Crippen LogP contribution in [0.1, 0.15) is 29.8 Å². The number of carbonyl (C=O) groups excluding carboxylic acids is 3. The molecule has 0 saturated carbocycles. The number of phenols is 1. The number of aromatic nitrogens is 4. The van der Waals surface area contributed by atoms with Gasteiger partial charge in [0.2, 0.25) is 17.7 Å². The standard InChI is InChI=1S/C27H37N11O6/c28-19(9-16-11-31-13-34-16)23(40)36-20(2-1-7-33-27(29)30)24(41)37-21(8-15-3-5-18(39)6-4-15)25(42)38-22(26(43)44)10-17-12-32-14-35-17/h3-6,11-14,19-22,39H,1-2,7-10,28H2,(H,31,34)(H,32,35)(H,36,40)(H,37,41)(H,38,42)(H,43,44)(H4,29,30,33). The lowest BCUT2D eigenvalue weighted by atomic mass is 10.0. The molecule has 2 heterocycles. The molecule has 3 aromatic rings. The zero-order valence-electron chi connectivity index (χ0n) is 23.8. The first-order chi connectivity index (χ1) is 21.0. The van der Waals surface area contributed by atoms with Crippen molar-refractivity contribution in [2.75, 3.05) is 6.54 Å². The van der Waals surface area contributed by atoms with Crippen molar-refractivity contribution >= 4 is 29.7 Å². The van der Waals surface area contributed by atoms with Gasteiger partial charge in [-0.2, -0.15) is 0 Å². The van der Waals surface area contributed by atoms with Gasteiger partial charge in [-0.25, -0.2) is 14.8 Å². The summed E-state index contributed by atoms with van der Waals surface area (Å²) in [5, 5.41) is 27.1. The lowest BCUT2D eigenvalue weighted by molar-refractivity contribution is -0.142. The van der Waals surface area contributed by atoms with E-state index in [2.05, 4.69) is 40.9 Å². The number of aliphatic carboxylic acids is 1. The number of H-pyrrole nitrogens is 2. The van der Waals surface area contributed by atoms with Crippen molar-refractivity contribution in [3.05, 3.63) is 66.3 Å². The van der Waals surface area contributed by atoms with Gasteiger partial charge in [0.25, 0.3) is 0 Å². The number of imidazole rings is 2. The summed E-state index contributed by atoms with van der Waals surface area (Å²) in [7, 11) is 0. The van der Waals surface area contributed by atoms with Crippen LogP contribution in [0.5, 0.6) is 5.75 Å². The number of benzene rings is 1. The molecule has 0 aliphatic heterocycles. The molecule has 0 aliphatic carbocycles. The van der Waals surface area contributed by atoms with E-state index in [1.807, 2.05) is 0 Å². The highest BCUT2D eigenvalue weighted by molar-refractivity contribution is 5.94. The number of nitrogens with two attached hydrogens (primary N) is 3. The van der Waals surface area contributed by atoms with E-state index < -0.39 is 47.9 Å². The smallest absolute Gasteiger partial charge is 0.326 e. The van der Waals surface area contributed by atoms with E-state index in [4.69, 9.17) is 17.2 Å². The van der Waals surface area contributed by atoms with Gasteiger partial charge in [-0.15, -0.1) is 0 Å². The van der Waals surface area contributed by atoms with Crippen LogP contribution in [0.25, 0.3) is 0 Å². The Balaban J connectivity index is 1.79. The van der Waals surface area contributed by atoms with Gasteiger partial charge in [0.05, 0.1) is 18.7 Å². The minimum atomic E-state index is -1.34. The van der Waals surface area contributed by atoms with Gasteiger partial charge < -0.3 is 53.3 Å². The number of aliphatic imine (C=N–C) groups is 1. The minimum Gasteiger partial charge on any atom is -0.508 e. The molecule has 2 aromatic heterocycles. The van der Waals surface area contributed by atoms with E-state index >= 15 is 0 Å². The summed E-state index contributed by atoms with van der Waals surface area (Å²) in [6.07, 6.45) is 6.17. The van der Waals surface area contributed by atoms with E-state index in [0.29, 0.717) is 23.4 Å². The van der Waals surface area contributed by atoms with Crippen molar-refractivity contribution in [3.63, 3.8) is 0 Å². The second-order valence-corrected chi connectivity index (χ2v) is 10.0. The maximum Gasteiger partial charge on any atom is 0.326 e. The SMILES string of the molecule is NC(N)=NCCCC(NC(=O)C(N)Cc1cnc[nH]1)C(=O)NC(Cc1ccc(O)cc1)C(=O)NC(Cc1cnc[nH]1)C(=O)O. The fourth-order valence-corrected chi connectivity index (χ4v) is 4.22. The molecular weight excluding hydrogens is 574 g/mol. The zero-order chi connectivity index (χ0) is 32.1. The summed E-state index contributed by atoms with van der Waals surface area (Å²) in [6, 6.07) is 1.20. The molecule has 4 atom stereocenters. The molecule has 17 heteroatoms. The number of aromatic amines is 2. The van der Waals surface area contributed by atoms with Crippen molar-refractivity contribution in [1.82, 2.24) is 35.9 Å². The number of nitrogens with one attached hydrogen (secondary N) is 5. The molecule has 0 aliphatic rings. The Hall–Kier alpha value is -5.45. The molecule has 44 heavy (non-hydrogen) atoms. The highest BCUT2D eigenvalue weighted by Gasteiger charge is 2.31. The van der Waals surface area contributed by atoms with Crippen molar-refractivity contribution < 1.29 is 29.4 Å². The highest BCUT2D eigenvalue weighted by Crippen LogP contribution is 2.13. The van der Waals surface area contributed by atoms with Crippen molar-refractivity contribution in [2.45, 2.75) is 56.3 Å². The molecule has 0 bridgehead atoms. The van der Waals surface area contributed by atoms with E-state index in [1.54, 1.807) is 12.1 Å². The molecule has 0 spiro atoms. The third kappa shape index (κ3) is 10.8. The maximum absolute atomic E-state index is 13.6. The Morgan fingerprint density at radius 1 is 0.818 bits per heavy atom. The number of guanidine groups is 1. The van der Waals surface area contributed by atoms with Gasteiger partial charge >= 0.3 is 5.97 Å². The quantitative estimate of drug-likeness (QED) is 0.0443. The average molecular weight is 612 g/mol. The molecule has 236 valence electrons. The van der Waals surface area contributed by atoms with Crippen molar-refractivity contribution in [1.29, 1.82) is 0 Å². The number of hydrogen-bond donors (Lipinski definition) is 10. The Morgan fingerprint density at radius 2 is 1.39 bits per heavy atom. The summed E-state index contributed by atoms with van der Waals surface area (Å²) in [4.78, 5) is 69.2. The lowest BCUT2D eigenvalue weighted by Crippen LogP contribution is -2.58. The lowest BCUT2D eigenvalue weighted by Gasteiger charge is -2.25. The Morgan fingerprint density at radius 3 is 1.95 bits per heavy atom. The average Bonchev–Trinajstić information content (AvgIpc) is 3.69. The van der Waals surface area contributed by atoms with Gasteiger partial charge in [0.1, 0.15) is 23.9 Å². The van der Waals surface area contributed by atoms with Crippen LogP contribution in [0.3, 0.4) is 0 Å². The van der Waals surface area contributed by atoms with Crippen LogP contribution in [0, 0.1) is 0 Å². The van der Waals surface area contributed by atoms with Crippen LogP contribution in [-0.4, -0.2) is 90.5 Å². The van der Waals surface area contributed by atoms with Crippen LogP contribution in [0.4, 0.5) is 0 Å².